The molecule has 0 amide bonds. The van der Waals surface area contributed by atoms with Crippen LogP contribution in [0.1, 0.15) is 55.6 Å². The van der Waals surface area contributed by atoms with E-state index >= 15 is 0 Å². The van der Waals surface area contributed by atoms with Gasteiger partial charge in [-0.3, -0.25) is 4.79 Å². The fourth-order valence-corrected chi connectivity index (χ4v) is 3.19. The van der Waals surface area contributed by atoms with Gasteiger partial charge in [0.2, 0.25) is 0 Å². The van der Waals surface area contributed by atoms with E-state index in [-0.39, 0.29) is 11.8 Å². The van der Waals surface area contributed by atoms with Gasteiger partial charge in [0, 0.05) is 5.38 Å². The van der Waals surface area contributed by atoms with Crippen LogP contribution in [-0.4, -0.2) is 16.5 Å². The van der Waals surface area contributed by atoms with E-state index in [4.69, 9.17) is 16.7 Å². The largest absolute Gasteiger partial charge is 0.481 e. The zero-order valence-electron chi connectivity index (χ0n) is 11.1. The predicted octanol–water partition coefficient (Wildman–Crippen LogP) is 4.36. The molecule has 0 radical (unpaired) electrons. The minimum atomic E-state index is -0.834. The highest BCUT2D eigenvalue weighted by molar-refractivity contribution is 6.21. The third-order valence-electron chi connectivity index (χ3n) is 3.91. The Hall–Kier alpha value is -1.02. The third-order valence-corrected chi connectivity index (χ3v) is 4.22. The van der Waals surface area contributed by atoms with Gasteiger partial charge in [0.05, 0.1) is 6.42 Å². The van der Waals surface area contributed by atoms with Gasteiger partial charge in [0.15, 0.2) is 0 Å². The maximum atomic E-state index is 10.6. The standard InChI is InChI=1S/C16H21ClO2/c17-15(11-16(18)19)10-12-6-8-14(9-7-12)13-4-2-1-3-5-13/h6-9,13,15H,1-5,10-11H2,(H,18,19). The molecule has 1 aromatic rings. The van der Waals surface area contributed by atoms with E-state index in [0.717, 1.165) is 5.56 Å². The Morgan fingerprint density at radius 1 is 1.21 bits per heavy atom. The number of aliphatic carboxylic acids is 1. The summed E-state index contributed by atoms with van der Waals surface area (Å²) < 4.78 is 0. The van der Waals surface area contributed by atoms with Gasteiger partial charge in [-0.15, -0.1) is 11.6 Å². The lowest BCUT2D eigenvalue weighted by atomic mass is 9.84. The van der Waals surface area contributed by atoms with Crippen LogP contribution in [0.5, 0.6) is 0 Å². The van der Waals surface area contributed by atoms with Crippen molar-refractivity contribution in [2.24, 2.45) is 0 Å². The van der Waals surface area contributed by atoms with Crippen LogP contribution >= 0.6 is 11.6 Å². The predicted molar refractivity (Wildman–Crippen MR) is 77.9 cm³/mol. The molecule has 104 valence electrons. The normalized spacial score (nSPS) is 18.2. The summed E-state index contributed by atoms with van der Waals surface area (Å²) in [7, 11) is 0. The van der Waals surface area contributed by atoms with Crippen molar-refractivity contribution in [2.75, 3.05) is 0 Å². The summed E-state index contributed by atoms with van der Waals surface area (Å²) in [5, 5.41) is 8.37. The van der Waals surface area contributed by atoms with Crippen molar-refractivity contribution in [3.05, 3.63) is 35.4 Å². The summed E-state index contributed by atoms with van der Waals surface area (Å²) in [5.41, 5.74) is 2.55. The molecule has 1 saturated carbocycles. The second kappa shape index (κ2) is 6.95. The van der Waals surface area contributed by atoms with Crippen molar-refractivity contribution in [2.45, 2.75) is 56.2 Å². The molecule has 0 saturated heterocycles. The topological polar surface area (TPSA) is 37.3 Å². The number of halogens is 1. The molecular formula is C16H21ClO2. The van der Waals surface area contributed by atoms with Gasteiger partial charge < -0.3 is 5.11 Å². The minimum absolute atomic E-state index is 0.0198. The van der Waals surface area contributed by atoms with Crippen LogP contribution in [-0.2, 0) is 11.2 Å². The van der Waals surface area contributed by atoms with Crippen LogP contribution in [0.2, 0.25) is 0 Å². The molecule has 1 aliphatic carbocycles. The van der Waals surface area contributed by atoms with Gasteiger partial charge >= 0.3 is 5.97 Å². The number of hydrogen-bond acceptors (Lipinski definition) is 1. The first-order valence-corrected chi connectivity index (χ1v) is 7.53. The molecule has 1 fully saturated rings. The van der Waals surface area contributed by atoms with E-state index in [9.17, 15) is 4.79 Å². The van der Waals surface area contributed by atoms with Crippen molar-refractivity contribution < 1.29 is 9.90 Å². The molecule has 2 rings (SSSR count). The first-order valence-electron chi connectivity index (χ1n) is 7.10. The first-order chi connectivity index (χ1) is 9.15. The monoisotopic (exact) mass is 280 g/mol. The molecule has 1 aromatic carbocycles. The van der Waals surface area contributed by atoms with Crippen molar-refractivity contribution in [3.63, 3.8) is 0 Å². The number of carboxylic acids is 1. The third kappa shape index (κ3) is 4.54. The van der Waals surface area contributed by atoms with E-state index < -0.39 is 5.97 Å². The molecule has 1 aliphatic rings. The molecule has 1 atom stereocenters. The van der Waals surface area contributed by atoms with Gasteiger partial charge in [0.1, 0.15) is 0 Å². The quantitative estimate of drug-likeness (QED) is 0.814. The maximum absolute atomic E-state index is 10.6. The van der Waals surface area contributed by atoms with Crippen LogP contribution in [0.4, 0.5) is 0 Å². The Labute approximate surface area is 119 Å². The highest BCUT2D eigenvalue weighted by Gasteiger charge is 2.16. The van der Waals surface area contributed by atoms with Crippen molar-refractivity contribution >= 4 is 17.6 Å². The van der Waals surface area contributed by atoms with Gasteiger partial charge in [-0.25, -0.2) is 0 Å². The molecule has 19 heavy (non-hydrogen) atoms. The second-order valence-electron chi connectivity index (χ2n) is 5.48. The van der Waals surface area contributed by atoms with E-state index in [1.165, 1.54) is 37.7 Å². The Bertz CT molecular complexity index is 407. The average Bonchev–Trinajstić information content (AvgIpc) is 2.39. The smallest absolute Gasteiger partial charge is 0.304 e. The van der Waals surface area contributed by atoms with Gasteiger partial charge in [-0.05, 0) is 36.3 Å². The van der Waals surface area contributed by atoms with E-state index in [0.29, 0.717) is 12.3 Å². The molecule has 2 nitrogen and oxygen atoms in total. The number of rotatable bonds is 5. The molecule has 3 heteroatoms. The molecule has 0 heterocycles. The van der Waals surface area contributed by atoms with Crippen LogP contribution < -0.4 is 0 Å². The highest BCUT2D eigenvalue weighted by Crippen LogP contribution is 2.32. The Balaban J connectivity index is 1.92. The maximum Gasteiger partial charge on any atom is 0.304 e. The Kier molecular flexibility index (Phi) is 5.26. The van der Waals surface area contributed by atoms with Crippen molar-refractivity contribution in [1.29, 1.82) is 0 Å². The zero-order valence-corrected chi connectivity index (χ0v) is 11.9. The van der Waals surface area contributed by atoms with Crippen molar-refractivity contribution in [1.82, 2.24) is 0 Å². The lowest BCUT2D eigenvalue weighted by Crippen LogP contribution is -2.10. The average molecular weight is 281 g/mol. The van der Waals surface area contributed by atoms with Gasteiger partial charge in [-0.2, -0.15) is 0 Å². The molecule has 0 bridgehead atoms. The summed E-state index contributed by atoms with van der Waals surface area (Å²) in [4.78, 5) is 10.6. The highest BCUT2D eigenvalue weighted by atomic mass is 35.5. The summed E-state index contributed by atoms with van der Waals surface area (Å²) in [5.74, 6) is -0.118. The first kappa shape index (κ1) is 14.4. The lowest BCUT2D eigenvalue weighted by Gasteiger charge is -2.22. The summed E-state index contributed by atoms with van der Waals surface area (Å²) >= 11 is 6.02. The fraction of sp³-hybridized carbons (Fsp3) is 0.562. The fourth-order valence-electron chi connectivity index (χ4n) is 2.88. The van der Waals surface area contributed by atoms with E-state index in [2.05, 4.69) is 24.3 Å². The Morgan fingerprint density at radius 2 is 1.84 bits per heavy atom. The Morgan fingerprint density at radius 3 is 2.42 bits per heavy atom. The van der Waals surface area contributed by atoms with Gasteiger partial charge in [-0.1, -0.05) is 43.5 Å². The van der Waals surface area contributed by atoms with Crippen LogP contribution in [0.15, 0.2) is 24.3 Å². The molecule has 0 aromatic heterocycles. The van der Waals surface area contributed by atoms with E-state index in [1.54, 1.807) is 0 Å². The van der Waals surface area contributed by atoms with Gasteiger partial charge in [0.25, 0.3) is 0 Å². The number of carboxylic acid groups (broad SMARTS) is 1. The molecule has 0 spiro atoms. The van der Waals surface area contributed by atoms with Crippen LogP contribution in [0.3, 0.4) is 0 Å². The number of alkyl halides is 1. The zero-order chi connectivity index (χ0) is 13.7. The lowest BCUT2D eigenvalue weighted by molar-refractivity contribution is -0.137. The van der Waals surface area contributed by atoms with Crippen LogP contribution in [0.25, 0.3) is 0 Å². The SMILES string of the molecule is O=C(O)CC(Cl)Cc1ccc(C2CCCCC2)cc1. The molecule has 1 unspecified atom stereocenters. The minimum Gasteiger partial charge on any atom is -0.481 e. The van der Waals surface area contributed by atoms with Crippen LogP contribution in [0, 0.1) is 0 Å². The second-order valence-corrected chi connectivity index (χ2v) is 6.09. The summed E-state index contributed by atoms with van der Waals surface area (Å²) in [6.45, 7) is 0. The molecule has 0 aliphatic heterocycles. The molecule has 1 N–H and O–H groups in total. The number of benzene rings is 1. The summed E-state index contributed by atoms with van der Waals surface area (Å²) in [6, 6.07) is 8.58. The van der Waals surface area contributed by atoms with Crippen molar-refractivity contribution in [3.8, 4) is 0 Å². The van der Waals surface area contributed by atoms with E-state index in [1.807, 2.05) is 0 Å². The number of carbonyl (C=O) groups is 1. The number of hydrogen-bond donors (Lipinski definition) is 1. The molecular weight excluding hydrogens is 260 g/mol. The summed E-state index contributed by atoms with van der Waals surface area (Å²) in [6.07, 6.45) is 7.30.